The van der Waals surface area contributed by atoms with Crippen LogP contribution in [0.25, 0.3) is 11.1 Å². The molecule has 4 rings (SSSR count). The molecule has 1 amide bonds. The SMILES string of the molecule is C[C@H](CC1CCCCC1)C(=O)N1CC[C@](O)(Cn2cc(N=S(C)(C)=O)c(-c3ccccc3F)cc2=O)C(C)(C)C1. The average Bonchev–Trinajstić information content (AvgIpc) is 2.87. The molecule has 1 saturated carbocycles. The first kappa shape index (κ1) is 30.4. The van der Waals surface area contributed by atoms with Crippen LogP contribution in [0.5, 0.6) is 0 Å². The molecule has 0 spiro atoms. The molecule has 1 aliphatic carbocycles. The summed E-state index contributed by atoms with van der Waals surface area (Å²) in [6, 6.07) is 7.38. The highest BCUT2D eigenvalue weighted by molar-refractivity contribution is 7.92. The number of hydrogen-bond donors (Lipinski definition) is 1. The lowest BCUT2D eigenvalue weighted by Gasteiger charge is -2.51. The number of carbonyl (C=O) groups is 1. The van der Waals surface area contributed by atoms with Gasteiger partial charge in [-0.2, -0.15) is 4.36 Å². The second-order valence-corrected chi connectivity index (χ2v) is 15.4. The molecule has 1 aromatic carbocycles. The molecular weight excluding hydrogens is 529 g/mol. The summed E-state index contributed by atoms with van der Waals surface area (Å²) in [4.78, 5) is 28.5. The Morgan fingerprint density at radius 2 is 1.85 bits per heavy atom. The van der Waals surface area contributed by atoms with Crippen molar-refractivity contribution in [3.63, 3.8) is 0 Å². The molecular formula is C31H44FN3O4S. The number of nitrogens with zero attached hydrogens (tertiary/aromatic N) is 3. The van der Waals surface area contributed by atoms with E-state index in [-0.39, 0.29) is 35.2 Å². The van der Waals surface area contributed by atoms with Crippen LogP contribution in [-0.4, -0.2) is 55.9 Å². The number of hydrogen-bond acceptors (Lipinski definition) is 5. The van der Waals surface area contributed by atoms with Crippen LogP contribution in [0.2, 0.25) is 0 Å². The van der Waals surface area contributed by atoms with Gasteiger partial charge >= 0.3 is 0 Å². The minimum atomic E-state index is -2.63. The van der Waals surface area contributed by atoms with Gasteiger partial charge in [0.15, 0.2) is 0 Å². The summed E-state index contributed by atoms with van der Waals surface area (Å²) in [6.07, 6.45) is 11.8. The molecule has 2 atom stereocenters. The van der Waals surface area contributed by atoms with Gasteiger partial charge in [-0.25, -0.2) is 8.60 Å². The minimum absolute atomic E-state index is 0.0207. The average molecular weight is 574 g/mol. The van der Waals surface area contributed by atoms with Gasteiger partial charge in [0.2, 0.25) is 5.91 Å². The molecule has 1 aliphatic heterocycles. The Balaban J connectivity index is 1.58. The van der Waals surface area contributed by atoms with Gasteiger partial charge in [0.05, 0.1) is 17.8 Å². The fourth-order valence-corrected chi connectivity index (χ4v) is 6.97. The van der Waals surface area contributed by atoms with Gasteiger partial charge in [0, 0.05) is 70.1 Å². The fraction of sp³-hybridized carbons (Fsp3) is 0.613. The van der Waals surface area contributed by atoms with E-state index in [1.54, 1.807) is 18.2 Å². The van der Waals surface area contributed by atoms with Gasteiger partial charge in [-0.15, -0.1) is 0 Å². The molecule has 1 saturated heterocycles. The maximum Gasteiger partial charge on any atom is 0.251 e. The second kappa shape index (κ2) is 11.8. The van der Waals surface area contributed by atoms with Gasteiger partial charge < -0.3 is 14.6 Å². The zero-order chi connectivity index (χ0) is 29.3. The molecule has 2 heterocycles. The number of likely N-dealkylation sites (tertiary alicyclic amines) is 1. The molecule has 9 heteroatoms. The van der Waals surface area contributed by atoms with E-state index >= 15 is 0 Å². The van der Waals surface area contributed by atoms with E-state index in [1.807, 2.05) is 25.7 Å². The van der Waals surface area contributed by atoms with E-state index in [1.165, 1.54) is 67.5 Å². The monoisotopic (exact) mass is 573 g/mol. The normalized spacial score (nSPS) is 22.6. The summed E-state index contributed by atoms with van der Waals surface area (Å²) < 4.78 is 33.0. The van der Waals surface area contributed by atoms with Gasteiger partial charge in [-0.05, 0) is 24.8 Å². The maximum atomic E-state index is 14.7. The lowest BCUT2D eigenvalue weighted by atomic mass is 9.69. The fourth-order valence-electron chi connectivity index (χ4n) is 6.35. The highest BCUT2D eigenvalue weighted by Gasteiger charge is 2.49. The van der Waals surface area contributed by atoms with Crippen LogP contribution in [0.15, 0.2) is 45.7 Å². The van der Waals surface area contributed by atoms with Crippen LogP contribution < -0.4 is 5.56 Å². The quantitative estimate of drug-likeness (QED) is 0.466. The Labute approximate surface area is 238 Å². The predicted octanol–water partition coefficient (Wildman–Crippen LogP) is 5.61. The number of pyridine rings is 1. The van der Waals surface area contributed by atoms with E-state index in [0.29, 0.717) is 25.4 Å². The number of carbonyl (C=O) groups excluding carboxylic acids is 1. The molecule has 1 N–H and O–H groups in total. The Morgan fingerprint density at radius 3 is 2.48 bits per heavy atom. The molecule has 2 aromatic rings. The van der Waals surface area contributed by atoms with Crippen LogP contribution in [0.1, 0.15) is 65.7 Å². The Morgan fingerprint density at radius 1 is 1.18 bits per heavy atom. The molecule has 0 bridgehead atoms. The highest BCUT2D eigenvalue weighted by atomic mass is 32.2. The number of aromatic nitrogens is 1. The topological polar surface area (TPSA) is 92.0 Å². The van der Waals surface area contributed by atoms with Crippen molar-refractivity contribution in [2.75, 3.05) is 25.6 Å². The lowest BCUT2D eigenvalue weighted by Crippen LogP contribution is -2.61. The molecule has 220 valence electrons. The zero-order valence-corrected chi connectivity index (χ0v) is 25.3. The third-order valence-electron chi connectivity index (χ3n) is 8.81. The van der Waals surface area contributed by atoms with Crippen molar-refractivity contribution in [3.8, 4) is 11.1 Å². The highest BCUT2D eigenvalue weighted by Crippen LogP contribution is 2.41. The van der Waals surface area contributed by atoms with Crippen molar-refractivity contribution in [1.29, 1.82) is 0 Å². The molecule has 2 aliphatic rings. The van der Waals surface area contributed by atoms with Crippen molar-refractivity contribution in [2.45, 2.75) is 77.9 Å². The van der Waals surface area contributed by atoms with E-state index in [0.717, 1.165) is 6.42 Å². The Bertz CT molecular complexity index is 1410. The number of amides is 1. The molecule has 40 heavy (non-hydrogen) atoms. The number of rotatable bonds is 7. The van der Waals surface area contributed by atoms with Gasteiger partial charge in [0.25, 0.3) is 5.56 Å². The minimum Gasteiger partial charge on any atom is -0.387 e. The molecule has 0 radical (unpaired) electrons. The van der Waals surface area contributed by atoms with Crippen molar-refractivity contribution < 1.29 is 18.5 Å². The summed E-state index contributed by atoms with van der Waals surface area (Å²) >= 11 is 0. The van der Waals surface area contributed by atoms with E-state index < -0.39 is 32.1 Å². The lowest BCUT2D eigenvalue weighted by molar-refractivity contribution is -0.157. The summed E-state index contributed by atoms with van der Waals surface area (Å²) in [5, 5.41) is 11.9. The van der Waals surface area contributed by atoms with Gasteiger partial charge in [-0.3, -0.25) is 9.59 Å². The zero-order valence-electron chi connectivity index (χ0n) is 24.5. The van der Waals surface area contributed by atoms with E-state index in [2.05, 4.69) is 4.36 Å². The van der Waals surface area contributed by atoms with Crippen LogP contribution >= 0.6 is 0 Å². The van der Waals surface area contributed by atoms with Gasteiger partial charge in [0.1, 0.15) is 5.82 Å². The molecule has 2 fully saturated rings. The maximum absolute atomic E-state index is 14.7. The first-order valence-corrected chi connectivity index (χ1v) is 16.7. The molecule has 7 nitrogen and oxygen atoms in total. The molecule has 1 aromatic heterocycles. The summed E-state index contributed by atoms with van der Waals surface area (Å²) in [7, 11) is -2.63. The number of aliphatic hydroxyl groups is 1. The summed E-state index contributed by atoms with van der Waals surface area (Å²) in [5.41, 5.74) is -1.71. The number of piperidine rings is 1. The van der Waals surface area contributed by atoms with Crippen LogP contribution in [0.4, 0.5) is 10.1 Å². The van der Waals surface area contributed by atoms with Crippen LogP contribution in [0, 0.1) is 23.1 Å². The largest absolute Gasteiger partial charge is 0.387 e. The number of benzene rings is 1. The van der Waals surface area contributed by atoms with Crippen molar-refractivity contribution in [3.05, 3.63) is 52.7 Å². The third-order valence-corrected chi connectivity index (χ3v) is 9.44. The Kier molecular flexibility index (Phi) is 8.95. The second-order valence-electron chi connectivity index (χ2n) is 12.9. The standard InChI is InChI=1S/C31H44FN3O4S/c1-22(17-23-11-7-6-8-12-23)29(37)34-16-15-31(38,30(2,3)20-34)21-35-19-27(33-40(4,5)39)25(18-28(35)36)24-13-9-10-14-26(24)32/h9-10,13-14,18-19,22-23,38H,6-8,11-12,15-17,20-21H2,1-5H3/t22-,31+/m1/s1. The number of halogens is 1. The Hall–Kier alpha value is -2.52. The van der Waals surface area contributed by atoms with Gasteiger partial charge in [-0.1, -0.05) is 71.1 Å². The predicted molar refractivity (Wildman–Crippen MR) is 158 cm³/mol. The smallest absolute Gasteiger partial charge is 0.251 e. The van der Waals surface area contributed by atoms with Crippen LogP contribution in [0.3, 0.4) is 0 Å². The summed E-state index contributed by atoms with van der Waals surface area (Å²) in [5.74, 6) is 0.182. The first-order valence-electron chi connectivity index (χ1n) is 14.4. The van der Waals surface area contributed by atoms with Crippen molar-refractivity contribution in [2.24, 2.45) is 21.6 Å². The van der Waals surface area contributed by atoms with E-state index in [9.17, 15) is 23.3 Å². The van der Waals surface area contributed by atoms with E-state index in [4.69, 9.17) is 0 Å². The van der Waals surface area contributed by atoms with Crippen molar-refractivity contribution in [1.82, 2.24) is 9.47 Å². The first-order chi connectivity index (χ1) is 18.7. The van der Waals surface area contributed by atoms with Crippen molar-refractivity contribution >= 4 is 21.3 Å². The van der Waals surface area contributed by atoms with Crippen LogP contribution in [-0.2, 0) is 21.1 Å². The summed E-state index contributed by atoms with van der Waals surface area (Å²) in [6.45, 7) is 6.64. The third kappa shape index (κ3) is 6.85. The molecule has 0 unspecified atom stereocenters.